The maximum atomic E-state index is 12.5. The van der Waals surface area contributed by atoms with Crippen molar-refractivity contribution < 1.29 is 24.5 Å². The standard InChI is InChI=1S/C23H26N2O3S.2CH4O/c24-21(27)23(9-8-22(16-23)10-12-25-13-11-22)29-20-3-1-2-19(14-20)28-18-6-4-17(15-26)5-7-18;2*1-2/h1-7,14-15,25H,8-13,16H2,(H2,24,27);2*2H,1H3. The highest BCUT2D eigenvalue weighted by molar-refractivity contribution is 8.01. The van der Waals surface area contributed by atoms with Crippen molar-refractivity contribution >= 4 is 24.0 Å². The number of rotatable bonds is 6. The lowest BCUT2D eigenvalue weighted by Gasteiger charge is -2.35. The molecule has 1 aliphatic carbocycles. The summed E-state index contributed by atoms with van der Waals surface area (Å²) in [5.74, 6) is 1.15. The van der Waals surface area contributed by atoms with E-state index in [4.69, 9.17) is 20.7 Å². The number of aldehydes is 1. The zero-order chi connectivity index (χ0) is 24.3. The fourth-order valence-electron chi connectivity index (χ4n) is 4.56. The highest BCUT2D eigenvalue weighted by Gasteiger charge is 2.52. The maximum absolute atomic E-state index is 12.5. The molecule has 0 aromatic heterocycles. The molecule has 1 saturated heterocycles. The normalized spacial score (nSPS) is 20.6. The SMILES string of the molecule is CO.CO.NC(=O)C1(Sc2cccc(Oc3ccc(C=O)cc3)c2)CCC2(CCNCC2)C1. The number of aliphatic hydroxyl groups excluding tert-OH is 2. The van der Waals surface area contributed by atoms with E-state index in [1.165, 1.54) is 0 Å². The van der Waals surface area contributed by atoms with Crippen molar-refractivity contribution in [1.82, 2.24) is 5.32 Å². The molecule has 1 heterocycles. The highest BCUT2D eigenvalue weighted by Crippen LogP contribution is 2.56. The van der Waals surface area contributed by atoms with Crippen LogP contribution in [0.15, 0.2) is 53.4 Å². The Kier molecular flexibility index (Phi) is 10.4. The largest absolute Gasteiger partial charge is 0.457 e. The van der Waals surface area contributed by atoms with Crippen LogP contribution in [0.25, 0.3) is 0 Å². The fourth-order valence-corrected chi connectivity index (χ4v) is 6.01. The molecule has 0 bridgehead atoms. The first-order chi connectivity index (χ1) is 16.0. The van der Waals surface area contributed by atoms with Crippen molar-refractivity contribution in [2.45, 2.75) is 41.7 Å². The molecule has 8 heteroatoms. The van der Waals surface area contributed by atoms with Crippen LogP contribution in [-0.2, 0) is 4.79 Å². The van der Waals surface area contributed by atoms with E-state index in [9.17, 15) is 9.59 Å². The number of primary amides is 1. The van der Waals surface area contributed by atoms with Crippen LogP contribution in [0.3, 0.4) is 0 Å². The Morgan fingerprint density at radius 3 is 2.27 bits per heavy atom. The molecule has 1 spiro atoms. The lowest BCUT2D eigenvalue weighted by atomic mass is 9.77. The Labute approximate surface area is 199 Å². The number of amides is 1. The van der Waals surface area contributed by atoms with Gasteiger partial charge in [-0.05, 0) is 93.1 Å². The number of hydrogen-bond donors (Lipinski definition) is 4. The molecule has 1 amide bonds. The fraction of sp³-hybridized carbons (Fsp3) is 0.440. The van der Waals surface area contributed by atoms with E-state index in [1.807, 2.05) is 24.3 Å². The molecule has 5 N–H and O–H groups in total. The van der Waals surface area contributed by atoms with Gasteiger partial charge < -0.3 is 26.0 Å². The van der Waals surface area contributed by atoms with Crippen molar-refractivity contribution in [2.24, 2.45) is 11.1 Å². The number of ether oxygens (including phenoxy) is 1. The van der Waals surface area contributed by atoms with Crippen LogP contribution < -0.4 is 15.8 Å². The van der Waals surface area contributed by atoms with Gasteiger partial charge in [-0.15, -0.1) is 11.8 Å². The van der Waals surface area contributed by atoms with Crippen molar-refractivity contribution in [2.75, 3.05) is 27.3 Å². The number of thioether (sulfide) groups is 1. The average Bonchev–Trinajstić information content (AvgIpc) is 3.21. The maximum Gasteiger partial charge on any atom is 0.234 e. The van der Waals surface area contributed by atoms with Gasteiger partial charge in [-0.3, -0.25) is 9.59 Å². The Morgan fingerprint density at radius 1 is 1.00 bits per heavy atom. The lowest BCUT2D eigenvalue weighted by molar-refractivity contribution is -0.120. The number of carbonyl (C=O) groups is 2. The quantitative estimate of drug-likeness (QED) is 0.474. The first-order valence-corrected chi connectivity index (χ1v) is 11.8. The first-order valence-electron chi connectivity index (χ1n) is 10.9. The minimum absolute atomic E-state index is 0.214. The van der Waals surface area contributed by atoms with Gasteiger partial charge in [0.2, 0.25) is 5.91 Å². The zero-order valence-electron chi connectivity index (χ0n) is 19.3. The van der Waals surface area contributed by atoms with E-state index in [0.29, 0.717) is 17.1 Å². The minimum Gasteiger partial charge on any atom is -0.457 e. The molecule has 2 fully saturated rings. The number of hydrogen-bond acceptors (Lipinski definition) is 7. The summed E-state index contributed by atoms with van der Waals surface area (Å²) < 4.78 is 5.38. The molecular formula is C25H34N2O5S. The molecule has 0 radical (unpaired) electrons. The monoisotopic (exact) mass is 474 g/mol. The Morgan fingerprint density at radius 2 is 1.67 bits per heavy atom. The Balaban J connectivity index is 0.000000914. The van der Waals surface area contributed by atoms with Gasteiger partial charge in [0, 0.05) is 24.7 Å². The van der Waals surface area contributed by atoms with Gasteiger partial charge in [0.15, 0.2) is 0 Å². The van der Waals surface area contributed by atoms with Crippen LogP contribution in [0.4, 0.5) is 0 Å². The van der Waals surface area contributed by atoms with Gasteiger partial charge >= 0.3 is 0 Å². The molecule has 7 nitrogen and oxygen atoms in total. The lowest BCUT2D eigenvalue weighted by Crippen LogP contribution is -2.42. The number of aliphatic hydroxyl groups is 2. The third kappa shape index (κ3) is 6.80. The van der Waals surface area contributed by atoms with Crippen LogP contribution >= 0.6 is 11.8 Å². The van der Waals surface area contributed by atoms with Crippen LogP contribution in [0.2, 0.25) is 0 Å². The van der Waals surface area contributed by atoms with Crippen molar-refractivity contribution in [3.63, 3.8) is 0 Å². The number of benzene rings is 2. The van der Waals surface area contributed by atoms with Gasteiger partial charge in [-0.1, -0.05) is 6.07 Å². The molecule has 2 aliphatic rings. The number of nitrogens with one attached hydrogen (secondary N) is 1. The van der Waals surface area contributed by atoms with Crippen LogP contribution in [0, 0.1) is 5.41 Å². The molecule has 2 aromatic rings. The predicted molar refractivity (Wildman–Crippen MR) is 131 cm³/mol. The molecular weight excluding hydrogens is 440 g/mol. The molecule has 1 unspecified atom stereocenters. The van der Waals surface area contributed by atoms with E-state index in [2.05, 4.69) is 5.32 Å². The second-order valence-electron chi connectivity index (χ2n) is 8.15. The van der Waals surface area contributed by atoms with E-state index in [0.717, 1.165) is 70.6 Å². The summed E-state index contributed by atoms with van der Waals surface area (Å²) in [7, 11) is 2.00. The molecule has 1 atom stereocenters. The van der Waals surface area contributed by atoms with Crippen molar-refractivity contribution in [3.05, 3.63) is 54.1 Å². The predicted octanol–water partition coefficient (Wildman–Crippen LogP) is 3.38. The summed E-state index contributed by atoms with van der Waals surface area (Å²) in [6.07, 6.45) is 5.77. The zero-order valence-corrected chi connectivity index (χ0v) is 20.1. The van der Waals surface area contributed by atoms with E-state index < -0.39 is 4.75 Å². The van der Waals surface area contributed by atoms with Gasteiger partial charge in [0.1, 0.15) is 17.8 Å². The summed E-state index contributed by atoms with van der Waals surface area (Å²) >= 11 is 1.58. The summed E-state index contributed by atoms with van der Waals surface area (Å²) in [6, 6.07) is 14.8. The molecule has 180 valence electrons. The second-order valence-corrected chi connectivity index (χ2v) is 9.61. The molecule has 33 heavy (non-hydrogen) atoms. The topological polar surface area (TPSA) is 122 Å². The van der Waals surface area contributed by atoms with Crippen molar-refractivity contribution in [1.29, 1.82) is 0 Å². The van der Waals surface area contributed by atoms with Crippen LogP contribution in [0.5, 0.6) is 11.5 Å². The smallest absolute Gasteiger partial charge is 0.234 e. The number of carbonyl (C=O) groups excluding carboxylic acids is 2. The number of piperidine rings is 1. The van der Waals surface area contributed by atoms with Gasteiger partial charge in [0.25, 0.3) is 0 Å². The van der Waals surface area contributed by atoms with Gasteiger partial charge in [-0.2, -0.15) is 0 Å². The third-order valence-electron chi connectivity index (χ3n) is 6.20. The highest BCUT2D eigenvalue weighted by atomic mass is 32.2. The molecule has 1 aliphatic heterocycles. The summed E-state index contributed by atoms with van der Waals surface area (Å²) in [6.45, 7) is 2.04. The molecule has 2 aromatic carbocycles. The minimum atomic E-state index is -0.554. The summed E-state index contributed by atoms with van der Waals surface area (Å²) in [5.41, 5.74) is 6.77. The van der Waals surface area contributed by atoms with E-state index in [-0.39, 0.29) is 11.3 Å². The molecule has 4 rings (SSSR count). The first kappa shape index (κ1) is 26.9. The van der Waals surface area contributed by atoms with Crippen LogP contribution in [-0.4, -0.2) is 54.5 Å². The van der Waals surface area contributed by atoms with Gasteiger partial charge in [0.05, 0.1) is 4.75 Å². The van der Waals surface area contributed by atoms with E-state index >= 15 is 0 Å². The second kappa shape index (κ2) is 12.7. The third-order valence-corrected chi connectivity index (χ3v) is 7.63. The number of nitrogens with two attached hydrogens (primary N) is 1. The van der Waals surface area contributed by atoms with E-state index in [1.54, 1.807) is 36.0 Å². The summed E-state index contributed by atoms with van der Waals surface area (Å²) in [4.78, 5) is 24.3. The van der Waals surface area contributed by atoms with Crippen molar-refractivity contribution in [3.8, 4) is 11.5 Å². The van der Waals surface area contributed by atoms with Gasteiger partial charge in [-0.25, -0.2) is 0 Å². The van der Waals surface area contributed by atoms with Crippen LogP contribution in [0.1, 0.15) is 42.5 Å². The Hall–Kier alpha value is -2.39. The summed E-state index contributed by atoms with van der Waals surface area (Å²) in [5, 5.41) is 17.4. The average molecular weight is 475 g/mol. The molecule has 1 saturated carbocycles. The Bertz CT molecular complexity index is 900.